The van der Waals surface area contributed by atoms with Crippen molar-refractivity contribution in [3.8, 4) is 0 Å². The van der Waals surface area contributed by atoms with E-state index in [-0.39, 0.29) is 6.04 Å². The van der Waals surface area contributed by atoms with Crippen molar-refractivity contribution in [2.75, 3.05) is 18.0 Å². The van der Waals surface area contributed by atoms with Gasteiger partial charge in [-0.1, -0.05) is 31.2 Å². The minimum absolute atomic E-state index is 0.288. The van der Waals surface area contributed by atoms with Crippen molar-refractivity contribution in [3.05, 3.63) is 35.9 Å². The smallest absolute Gasteiger partial charge is 0.0366 e. The van der Waals surface area contributed by atoms with E-state index in [2.05, 4.69) is 62.1 Å². The van der Waals surface area contributed by atoms with Crippen LogP contribution in [0.2, 0.25) is 0 Å². The molecule has 1 atom stereocenters. The van der Waals surface area contributed by atoms with Gasteiger partial charge in [-0.2, -0.15) is 0 Å². The highest BCUT2D eigenvalue weighted by atomic mass is 15.1. The molecule has 2 nitrogen and oxygen atoms in total. The molecule has 100 valence electrons. The fourth-order valence-corrected chi connectivity index (χ4v) is 1.93. The quantitative estimate of drug-likeness (QED) is 0.795. The molecule has 0 heterocycles. The van der Waals surface area contributed by atoms with Gasteiger partial charge in [-0.05, 0) is 44.4 Å². The summed E-state index contributed by atoms with van der Waals surface area (Å²) in [6.07, 6.45) is 6.31. The van der Waals surface area contributed by atoms with E-state index in [4.69, 9.17) is 5.73 Å². The third-order valence-corrected chi connectivity index (χ3v) is 3.30. The van der Waals surface area contributed by atoms with Crippen molar-refractivity contribution in [1.82, 2.24) is 0 Å². The molecule has 1 unspecified atom stereocenters. The van der Waals surface area contributed by atoms with Gasteiger partial charge < -0.3 is 10.6 Å². The van der Waals surface area contributed by atoms with Crippen LogP contribution < -0.4 is 10.6 Å². The second-order valence-electron chi connectivity index (χ2n) is 4.57. The monoisotopic (exact) mass is 246 g/mol. The average molecular weight is 246 g/mol. The van der Waals surface area contributed by atoms with Crippen molar-refractivity contribution in [3.63, 3.8) is 0 Å². The van der Waals surface area contributed by atoms with E-state index >= 15 is 0 Å². The van der Waals surface area contributed by atoms with E-state index in [1.165, 1.54) is 11.3 Å². The van der Waals surface area contributed by atoms with Crippen LogP contribution in [0.4, 0.5) is 5.69 Å². The molecule has 1 aromatic rings. The third kappa shape index (κ3) is 4.53. The number of benzene rings is 1. The lowest BCUT2D eigenvalue weighted by Gasteiger charge is -2.20. The summed E-state index contributed by atoms with van der Waals surface area (Å²) >= 11 is 0. The Labute approximate surface area is 111 Å². The van der Waals surface area contributed by atoms with Crippen LogP contribution >= 0.6 is 0 Å². The molecular weight excluding hydrogens is 220 g/mol. The van der Waals surface area contributed by atoms with Gasteiger partial charge in [-0.15, -0.1) is 0 Å². The lowest BCUT2D eigenvalue weighted by atomic mass is 10.1. The van der Waals surface area contributed by atoms with Crippen LogP contribution in [0.5, 0.6) is 0 Å². The zero-order chi connectivity index (χ0) is 13.4. The Morgan fingerprint density at radius 2 is 1.72 bits per heavy atom. The van der Waals surface area contributed by atoms with Gasteiger partial charge in [-0.3, -0.25) is 0 Å². The largest absolute Gasteiger partial charge is 0.372 e. The topological polar surface area (TPSA) is 29.3 Å². The number of hydrogen-bond acceptors (Lipinski definition) is 2. The molecule has 0 aliphatic carbocycles. The van der Waals surface area contributed by atoms with E-state index in [9.17, 15) is 0 Å². The maximum absolute atomic E-state index is 5.88. The second-order valence-corrected chi connectivity index (χ2v) is 4.57. The molecule has 18 heavy (non-hydrogen) atoms. The molecule has 1 aromatic carbocycles. The molecule has 0 radical (unpaired) electrons. The predicted molar refractivity (Wildman–Crippen MR) is 81.9 cm³/mol. The van der Waals surface area contributed by atoms with Gasteiger partial charge in [-0.25, -0.2) is 0 Å². The fraction of sp³-hybridized carbons (Fsp3) is 0.500. The van der Waals surface area contributed by atoms with Gasteiger partial charge in [0.25, 0.3) is 0 Å². The van der Waals surface area contributed by atoms with Crippen molar-refractivity contribution in [2.24, 2.45) is 5.73 Å². The molecule has 2 heteroatoms. The SMILES string of the molecule is CCC(N)C/C=C/c1ccc(N(CC)CC)cc1. The van der Waals surface area contributed by atoms with Gasteiger partial charge in [0.2, 0.25) is 0 Å². The number of anilines is 1. The lowest BCUT2D eigenvalue weighted by molar-refractivity contribution is 0.660. The van der Waals surface area contributed by atoms with E-state index < -0.39 is 0 Å². The first-order chi connectivity index (χ1) is 8.71. The average Bonchev–Trinajstić information content (AvgIpc) is 2.41. The Morgan fingerprint density at radius 3 is 2.22 bits per heavy atom. The van der Waals surface area contributed by atoms with Crippen molar-refractivity contribution < 1.29 is 0 Å². The van der Waals surface area contributed by atoms with Crippen LogP contribution in [0, 0.1) is 0 Å². The summed E-state index contributed by atoms with van der Waals surface area (Å²) in [4.78, 5) is 2.35. The standard InChI is InChI=1S/C16H26N2/c1-4-15(17)9-7-8-14-10-12-16(13-11-14)18(5-2)6-3/h7-8,10-13,15H,4-6,9,17H2,1-3H3/b8-7+. The molecule has 0 fully saturated rings. The minimum atomic E-state index is 0.288. The summed E-state index contributed by atoms with van der Waals surface area (Å²) in [5, 5.41) is 0. The summed E-state index contributed by atoms with van der Waals surface area (Å²) in [6.45, 7) is 8.60. The van der Waals surface area contributed by atoms with Gasteiger partial charge in [0.05, 0.1) is 0 Å². The zero-order valence-electron chi connectivity index (χ0n) is 11.9. The minimum Gasteiger partial charge on any atom is -0.372 e. The molecule has 2 N–H and O–H groups in total. The fourth-order valence-electron chi connectivity index (χ4n) is 1.93. The van der Waals surface area contributed by atoms with Crippen LogP contribution in [0.3, 0.4) is 0 Å². The van der Waals surface area contributed by atoms with Gasteiger partial charge in [0, 0.05) is 24.8 Å². The first-order valence-electron chi connectivity index (χ1n) is 6.98. The molecule has 0 aliphatic rings. The number of nitrogens with two attached hydrogens (primary N) is 1. The highest BCUT2D eigenvalue weighted by molar-refractivity contribution is 5.55. The van der Waals surface area contributed by atoms with Crippen LogP contribution in [0.25, 0.3) is 6.08 Å². The summed E-state index contributed by atoms with van der Waals surface area (Å²) in [5.41, 5.74) is 8.42. The Morgan fingerprint density at radius 1 is 1.11 bits per heavy atom. The molecule has 1 rings (SSSR count). The Bertz CT molecular complexity index is 350. The normalized spacial score (nSPS) is 12.9. The van der Waals surface area contributed by atoms with E-state index in [1.54, 1.807) is 0 Å². The molecular formula is C16H26N2. The first kappa shape index (κ1) is 14.8. The summed E-state index contributed by atoms with van der Waals surface area (Å²) in [7, 11) is 0. The molecule has 0 aliphatic heterocycles. The number of rotatable bonds is 7. The van der Waals surface area contributed by atoms with Gasteiger partial charge in [0.1, 0.15) is 0 Å². The second kappa shape index (κ2) is 7.93. The van der Waals surface area contributed by atoms with Crippen molar-refractivity contribution in [1.29, 1.82) is 0 Å². The zero-order valence-corrected chi connectivity index (χ0v) is 11.9. The first-order valence-corrected chi connectivity index (χ1v) is 6.98. The number of nitrogens with zero attached hydrogens (tertiary/aromatic N) is 1. The maximum atomic E-state index is 5.88. The van der Waals surface area contributed by atoms with Crippen molar-refractivity contribution in [2.45, 2.75) is 39.7 Å². The van der Waals surface area contributed by atoms with Gasteiger partial charge in [0.15, 0.2) is 0 Å². The molecule has 0 bridgehead atoms. The van der Waals surface area contributed by atoms with Crippen LogP contribution in [-0.4, -0.2) is 19.1 Å². The third-order valence-electron chi connectivity index (χ3n) is 3.30. The molecule has 0 amide bonds. The van der Waals surface area contributed by atoms with Crippen LogP contribution in [0.15, 0.2) is 30.3 Å². The highest BCUT2D eigenvalue weighted by Crippen LogP contribution is 2.15. The Hall–Kier alpha value is -1.28. The van der Waals surface area contributed by atoms with E-state index in [0.717, 1.165) is 25.9 Å². The molecule has 0 aromatic heterocycles. The molecule has 0 saturated carbocycles. The summed E-state index contributed by atoms with van der Waals surface area (Å²) in [6, 6.07) is 9.00. The van der Waals surface area contributed by atoms with Crippen LogP contribution in [0.1, 0.15) is 39.2 Å². The summed E-state index contributed by atoms with van der Waals surface area (Å²) < 4.78 is 0. The number of hydrogen-bond donors (Lipinski definition) is 1. The maximum Gasteiger partial charge on any atom is 0.0366 e. The Kier molecular flexibility index (Phi) is 6.51. The van der Waals surface area contributed by atoms with E-state index in [0.29, 0.717) is 0 Å². The molecule has 0 spiro atoms. The van der Waals surface area contributed by atoms with Gasteiger partial charge >= 0.3 is 0 Å². The van der Waals surface area contributed by atoms with E-state index in [1.807, 2.05) is 0 Å². The van der Waals surface area contributed by atoms with Crippen molar-refractivity contribution >= 4 is 11.8 Å². The lowest BCUT2D eigenvalue weighted by Crippen LogP contribution is -2.21. The van der Waals surface area contributed by atoms with Crippen LogP contribution in [-0.2, 0) is 0 Å². The summed E-state index contributed by atoms with van der Waals surface area (Å²) in [5.74, 6) is 0. The predicted octanol–water partition coefficient (Wildman–Crippen LogP) is 3.67. The Balaban J connectivity index is 2.60. The highest BCUT2D eigenvalue weighted by Gasteiger charge is 2.00. The molecule has 0 saturated heterocycles.